The van der Waals surface area contributed by atoms with Crippen molar-refractivity contribution in [1.29, 1.82) is 0 Å². The van der Waals surface area contributed by atoms with Crippen molar-refractivity contribution in [1.82, 2.24) is 9.66 Å². The summed E-state index contributed by atoms with van der Waals surface area (Å²) in [5, 5.41) is 1.77. The van der Waals surface area contributed by atoms with E-state index in [2.05, 4.69) is 4.98 Å². The lowest BCUT2D eigenvalue weighted by atomic mass is 10.3. The summed E-state index contributed by atoms with van der Waals surface area (Å²) in [5.41, 5.74) is -0.116. The zero-order chi connectivity index (χ0) is 12.5. The molecule has 0 amide bonds. The Hall–Kier alpha value is -1.52. The molecule has 0 saturated heterocycles. The molecule has 0 aliphatic heterocycles. The summed E-state index contributed by atoms with van der Waals surface area (Å²) in [7, 11) is 0. The molecule has 90 valence electrons. The third-order valence-corrected chi connectivity index (χ3v) is 2.42. The number of hydrogen-bond donors (Lipinski definition) is 1. The summed E-state index contributed by atoms with van der Waals surface area (Å²) in [6.07, 6.45) is 1.44. The fraction of sp³-hybridized carbons (Fsp3) is 0.636. The summed E-state index contributed by atoms with van der Waals surface area (Å²) >= 11 is 0. The van der Waals surface area contributed by atoms with E-state index in [0.29, 0.717) is 5.56 Å². The van der Waals surface area contributed by atoms with Gasteiger partial charge in [-0.15, -0.1) is 0 Å². The van der Waals surface area contributed by atoms with Gasteiger partial charge in [0.15, 0.2) is 0 Å². The van der Waals surface area contributed by atoms with Crippen molar-refractivity contribution in [3.63, 3.8) is 0 Å². The van der Waals surface area contributed by atoms with Gasteiger partial charge in [-0.05, 0) is 34.6 Å². The molecule has 16 heavy (non-hydrogen) atoms. The summed E-state index contributed by atoms with van der Waals surface area (Å²) in [6, 6.07) is 0.168. The third kappa shape index (κ3) is 2.18. The second-order valence-electron chi connectivity index (χ2n) is 4.46. The van der Waals surface area contributed by atoms with Crippen LogP contribution < -0.4 is 16.3 Å². The van der Waals surface area contributed by atoms with Gasteiger partial charge in [0.1, 0.15) is 0 Å². The topological polar surface area (TPSA) is 58.1 Å². The molecule has 1 aromatic heterocycles. The van der Waals surface area contributed by atoms with Crippen molar-refractivity contribution < 1.29 is 0 Å². The van der Waals surface area contributed by atoms with Crippen molar-refractivity contribution in [2.24, 2.45) is 0 Å². The summed E-state index contributed by atoms with van der Waals surface area (Å²) in [4.78, 5) is 26.2. The molecule has 0 aliphatic rings. The minimum absolute atomic E-state index is 0.0839. The molecule has 1 rings (SSSR count). The monoisotopic (exact) mass is 225 g/mol. The average molecular weight is 225 g/mol. The molecule has 0 saturated carbocycles. The Balaban J connectivity index is 3.47. The van der Waals surface area contributed by atoms with Gasteiger partial charge in [-0.2, -0.15) is 4.68 Å². The lowest BCUT2D eigenvalue weighted by Crippen LogP contribution is -2.56. The molecule has 0 aromatic carbocycles. The molecule has 1 aromatic rings. The highest BCUT2D eigenvalue weighted by molar-refractivity contribution is 5.05. The molecule has 0 atom stereocenters. The highest BCUT2D eigenvalue weighted by atomic mass is 16.2. The first-order valence-electron chi connectivity index (χ1n) is 5.46. The SMILES string of the molecule is Cc1c[nH]c(=O)n(N(C(C)C)C(C)C)c1=O. The highest BCUT2D eigenvalue weighted by Gasteiger charge is 2.18. The van der Waals surface area contributed by atoms with Crippen LogP contribution in [-0.4, -0.2) is 21.7 Å². The van der Waals surface area contributed by atoms with E-state index in [-0.39, 0.29) is 17.6 Å². The number of nitrogens with zero attached hydrogens (tertiary/aromatic N) is 2. The van der Waals surface area contributed by atoms with Crippen LogP contribution in [-0.2, 0) is 0 Å². The summed E-state index contributed by atoms with van der Waals surface area (Å²) in [6.45, 7) is 9.50. The Morgan fingerprint density at radius 3 is 2.12 bits per heavy atom. The van der Waals surface area contributed by atoms with E-state index in [9.17, 15) is 9.59 Å². The average Bonchev–Trinajstić information content (AvgIpc) is 2.17. The highest BCUT2D eigenvalue weighted by Crippen LogP contribution is 2.00. The minimum Gasteiger partial charge on any atom is -0.312 e. The molecular weight excluding hydrogens is 206 g/mol. The van der Waals surface area contributed by atoms with E-state index in [1.807, 2.05) is 27.7 Å². The quantitative estimate of drug-likeness (QED) is 0.819. The van der Waals surface area contributed by atoms with E-state index in [1.165, 1.54) is 10.9 Å². The molecule has 0 fully saturated rings. The molecule has 0 aliphatic carbocycles. The first-order valence-corrected chi connectivity index (χ1v) is 5.46. The predicted molar refractivity (Wildman–Crippen MR) is 64.5 cm³/mol. The minimum atomic E-state index is -0.391. The first kappa shape index (κ1) is 12.5. The molecule has 0 radical (unpaired) electrons. The molecular formula is C11H19N3O2. The van der Waals surface area contributed by atoms with E-state index < -0.39 is 5.69 Å². The maximum Gasteiger partial charge on any atom is 0.347 e. The van der Waals surface area contributed by atoms with Crippen LogP contribution in [0.2, 0.25) is 0 Å². The van der Waals surface area contributed by atoms with Crippen LogP contribution in [0.4, 0.5) is 0 Å². The first-order chi connectivity index (χ1) is 7.36. The molecule has 0 bridgehead atoms. The van der Waals surface area contributed by atoms with Gasteiger partial charge in [0, 0.05) is 23.8 Å². The smallest absolute Gasteiger partial charge is 0.312 e. The van der Waals surface area contributed by atoms with Crippen molar-refractivity contribution in [2.75, 3.05) is 5.01 Å². The Morgan fingerprint density at radius 1 is 1.19 bits per heavy atom. The van der Waals surface area contributed by atoms with Crippen LogP contribution in [0, 0.1) is 6.92 Å². The maximum absolute atomic E-state index is 11.9. The largest absolute Gasteiger partial charge is 0.347 e. The second-order valence-corrected chi connectivity index (χ2v) is 4.46. The summed E-state index contributed by atoms with van der Waals surface area (Å²) < 4.78 is 1.19. The van der Waals surface area contributed by atoms with Crippen LogP contribution in [0.5, 0.6) is 0 Å². The van der Waals surface area contributed by atoms with Gasteiger partial charge in [0.2, 0.25) is 0 Å². The molecule has 0 spiro atoms. The summed E-state index contributed by atoms with van der Waals surface area (Å²) in [5.74, 6) is 0. The fourth-order valence-electron chi connectivity index (χ4n) is 1.82. The van der Waals surface area contributed by atoms with Crippen LogP contribution in [0.1, 0.15) is 33.3 Å². The van der Waals surface area contributed by atoms with Crippen molar-refractivity contribution in [3.8, 4) is 0 Å². The van der Waals surface area contributed by atoms with Gasteiger partial charge < -0.3 is 9.99 Å². The Labute approximate surface area is 94.7 Å². The van der Waals surface area contributed by atoms with E-state index in [0.717, 1.165) is 0 Å². The van der Waals surface area contributed by atoms with Crippen molar-refractivity contribution >= 4 is 0 Å². The third-order valence-electron chi connectivity index (χ3n) is 2.42. The number of aromatic amines is 1. The predicted octanol–water partition coefficient (Wildman–Crippen LogP) is 0.600. The van der Waals surface area contributed by atoms with Crippen LogP contribution in [0.3, 0.4) is 0 Å². The number of H-pyrrole nitrogens is 1. The van der Waals surface area contributed by atoms with E-state index in [1.54, 1.807) is 11.9 Å². The molecule has 1 heterocycles. The van der Waals surface area contributed by atoms with E-state index >= 15 is 0 Å². The van der Waals surface area contributed by atoms with Gasteiger partial charge in [-0.25, -0.2) is 4.79 Å². The molecule has 5 heteroatoms. The van der Waals surface area contributed by atoms with Crippen LogP contribution in [0.15, 0.2) is 15.8 Å². The number of rotatable bonds is 3. The number of hydrogen-bond acceptors (Lipinski definition) is 3. The van der Waals surface area contributed by atoms with Crippen LogP contribution >= 0.6 is 0 Å². The Kier molecular flexibility index (Phi) is 3.57. The van der Waals surface area contributed by atoms with Gasteiger partial charge in [-0.1, -0.05) is 0 Å². The number of aromatic nitrogens is 2. The van der Waals surface area contributed by atoms with Gasteiger partial charge in [0.25, 0.3) is 5.56 Å². The molecule has 1 N–H and O–H groups in total. The number of nitrogens with one attached hydrogen (secondary N) is 1. The lowest BCUT2D eigenvalue weighted by molar-refractivity contribution is 0.436. The number of aryl methyl sites for hydroxylation is 1. The van der Waals surface area contributed by atoms with Gasteiger partial charge in [0.05, 0.1) is 0 Å². The zero-order valence-electron chi connectivity index (χ0n) is 10.4. The normalized spacial score (nSPS) is 11.2. The van der Waals surface area contributed by atoms with E-state index in [4.69, 9.17) is 0 Å². The van der Waals surface area contributed by atoms with Crippen molar-refractivity contribution in [3.05, 3.63) is 32.6 Å². The Bertz CT molecular complexity index is 463. The maximum atomic E-state index is 11.9. The molecule has 0 unspecified atom stereocenters. The van der Waals surface area contributed by atoms with Gasteiger partial charge >= 0.3 is 5.69 Å². The van der Waals surface area contributed by atoms with Crippen LogP contribution in [0.25, 0.3) is 0 Å². The molecule has 5 nitrogen and oxygen atoms in total. The zero-order valence-corrected chi connectivity index (χ0v) is 10.4. The second kappa shape index (κ2) is 4.55. The fourth-order valence-corrected chi connectivity index (χ4v) is 1.82. The van der Waals surface area contributed by atoms with Crippen molar-refractivity contribution in [2.45, 2.75) is 46.7 Å². The lowest BCUT2D eigenvalue weighted by Gasteiger charge is -2.32. The Morgan fingerprint density at radius 2 is 1.69 bits per heavy atom. The van der Waals surface area contributed by atoms with Gasteiger partial charge in [-0.3, -0.25) is 4.79 Å². The standard InChI is InChI=1S/C11H19N3O2/c1-7(2)13(8(3)4)14-10(15)9(5)6-12-11(14)16/h6-8H,1-5H3,(H,12,16).